The summed E-state index contributed by atoms with van der Waals surface area (Å²) in [7, 11) is 1.64. The molecular weight excluding hydrogens is 532 g/mol. The summed E-state index contributed by atoms with van der Waals surface area (Å²) in [5, 5.41) is 2.88. The number of piperazine rings is 1. The van der Waals surface area contributed by atoms with Gasteiger partial charge in [-0.2, -0.15) is 0 Å². The van der Waals surface area contributed by atoms with Crippen molar-refractivity contribution in [1.29, 1.82) is 0 Å². The number of carbonyl (C=O) groups is 3. The molecule has 2 atom stereocenters. The maximum Gasteiger partial charge on any atom is 0.245 e. The molecular formula is C33H39N4O5. The van der Waals surface area contributed by atoms with Crippen LogP contribution in [0.4, 0.5) is 5.69 Å². The standard InChI is InChI=1S/C33H39N4O5/c1-24(32(34)39)8-17-31(38)35-30(22-25-9-13-29(14-10-25)42-23-26-6-4-3-5-7-26)33(40)37-20-18-36(19-21-37)27-11-15-28(41-2)16-12-27/h3-7,9-17,24,30H,8,18-23H2,1-2H3,(H2,34,39)(H,35,38). The van der Waals surface area contributed by atoms with Crippen molar-refractivity contribution >= 4 is 23.4 Å². The first kappa shape index (κ1) is 30.4. The molecule has 3 N–H and O–H groups in total. The van der Waals surface area contributed by atoms with E-state index in [2.05, 4.69) is 10.2 Å². The first-order chi connectivity index (χ1) is 20.3. The van der Waals surface area contributed by atoms with Crippen LogP contribution in [0.5, 0.6) is 11.5 Å². The van der Waals surface area contributed by atoms with Gasteiger partial charge in [-0.1, -0.05) is 49.4 Å². The number of carbonyl (C=O) groups excluding carboxylic acids is 3. The van der Waals surface area contributed by atoms with Crippen molar-refractivity contribution in [2.75, 3.05) is 38.2 Å². The van der Waals surface area contributed by atoms with E-state index in [9.17, 15) is 14.4 Å². The zero-order valence-electron chi connectivity index (χ0n) is 24.2. The molecule has 0 aliphatic carbocycles. The molecule has 0 bridgehead atoms. The predicted molar refractivity (Wildman–Crippen MR) is 162 cm³/mol. The second-order valence-corrected chi connectivity index (χ2v) is 10.4. The van der Waals surface area contributed by atoms with Gasteiger partial charge in [-0.15, -0.1) is 0 Å². The van der Waals surface area contributed by atoms with E-state index < -0.39 is 23.8 Å². The lowest BCUT2D eigenvalue weighted by molar-refractivity contribution is -0.136. The summed E-state index contributed by atoms with van der Waals surface area (Å²) in [4.78, 5) is 41.9. The van der Waals surface area contributed by atoms with E-state index in [1.807, 2.05) is 78.9 Å². The predicted octanol–water partition coefficient (Wildman–Crippen LogP) is 3.37. The molecule has 0 spiro atoms. The van der Waals surface area contributed by atoms with Gasteiger partial charge in [-0.3, -0.25) is 14.4 Å². The maximum atomic E-state index is 13.7. The summed E-state index contributed by atoms with van der Waals surface area (Å²) in [6, 6.07) is 24.6. The molecule has 3 aromatic rings. The monoisotopic (exact) mass is 571 g/mol. The molecule has 1 saturated heterocycles. The fourth-order valence-electron chi connectivity index (χ4n) is 4.73. The van der Waals surface area contributed by atoms with Crippen LogP contribution in [0.2, 0.25) is 0 Å². The molecule has 1 aliphatic rings. The van der Waals surface area contributed by atoms with Crippen LogP contribution in [0, 0.1) is 12.3 Å². The van der Waals surface area contributed by atoms with Crippen LogP contribution in [0.25, 0.3) is 0 Å². The summed E-state index contributed by atoms with van der Waals surface area (Å²) in [5.41, 5.74) is 8.37. The van der Waals surface area contributed by atoms with Crippen molar-refractivity contribution in [3.63, 3.8) is 0 Å². The largest absolute Gasteiger partial charge is 0.497 e. The Bertz CT molecular complexity index is 1310. The highest BCUT2D eigenvalue weighted by molar-refractivity contribution is 5.92. The lowest BCUT2D eigenvalue weighted by atomic mass is 10.0. The molecule has 221 valence electrons. The normalized spacial score (nSPS) is 14.5. The number of nitrogens with two attached hydrogens (primary N) is 1. The van der Waals surface area contributed by atoms with Crippen LogP contribution in [0.15, 0.2) is 78.9 Å². The molecule has 9 nitrogen and oxygen atoms in total. The van der Waals surface area contributed by atoms with Gasteiger partial charge in [0.1, 0.15) is 24.1 Å². The van der Waals surface area contributed by atoms with Crippen molar-refractivity contribution < 1.29 is 23.9 Å². The van der Waals surface area contributed by atoms with Crippen LogP contribution in [-0.4, -0.2) is 62.0 Å². The van der Waals surface area contributed by atoms with Crippen molar-refractivity contribution in [2.45, 2.75) is 32.4 Å². The van der Waals surface area contributed by atoms with Crippen LogP contribution in [0.3, 0.4) is 0 Å². The zero-order chi connectivity index (χ0) is 29.9. The smallest absolute Gasteiger partial charge is 0.245 e. The summed E-state index contributed by atoms with van der Waals surface area (Å²) in [6.45, 7) is 4.54. The van der Waals surface area contributed by atoms with Crippen molar-refractivity contribution in [3.8, 4) is 11.5 Å². The highest BCUT2D eigenvalue weighted by Gasteiger charge is 2.29. The third kappa shape index (κ3) is 8.73. The molecule has 9 heteroatoms. The fourth-order valence-corrected chi connectivity index (χ4v) is 4.73. The van der Waals surface area contributed by atoms with Crippen molar-refractivity contribution in [2.24, 2.45) is 11.7 Å². The number of primary amides is 1. The summed E-state index contributed by atoms with van der Waals surface area (Å²) in [5.74, 6) is 0.0249. The Balaban J connectivity index is 1.39. The van der Waals surface area contributed by atoms with Gasteiger partial charge in [-0.05, 0) is 53.9 Å². The second-order valence-electron chi connectivity index (χ2n) is 10.4. The SMILES string of the molecule is COc1ccc(N2CCN(C(=O)C(Cc3ccc(OCc4ccccc4)cc3)NC(=O)[CH]CC(C)C(N)=O)CC2)cc1. The number of nitrogens with one attached hydrogen (secondary N) is 1. The van der Waals surface area contributed by atoms with Crippen molar-refractivity contribution in [1.82, 2.24) is 10.2 Å². The number of anilines is 1. The van der Waals surface area contributed by atoms with Crippen LogP contribution < -0.4 is 25.4 Å². The number of ether oxygens (including phenoxy) is 2. The average molecular weight is 572 g/mol. The molecule has 1 heterocycles. The van der Waals surface area contributed by atoms with E-state index in [0.717, 1.165) is 28.3 Å². The Morgan fingerprint density at radius 2 is 1.52 bits per heavy atom. The minimum absolute atomic E-state index is 0.140. The summed E-state index contributed by atoms with van der Waals surface area (Å²) >= 11 is 0. The van der Waals surface area contributed by atoms with E-state index in [-0.39, 0.29) is 12.3 Å². The van der Waals surface area contributed by atoms with Gasteiger partial charge < -0.3 is 30.3 Å². The summed E-state index contributed by atoms with van der Waals surface area (Å²) < 4.78 is 11.1. The quantitative estimate of drug-likeness (QED) is 0.325. The Labute approximate surface area is 247 Å². The molecule has 0 saturated carbocycles. The van der Waals surface area contributed by atoms with E-state index >= 15 is 0 Å². The van der Waals surface area contributed by atoms with Crippen LogP contribution >= 0.6 is 0 Å². The highest BCUT2D eigenvalue weighted by Crippen LogP contribution is 2.21. The number of rotatable bonds is 13. The Morgan fingerprint density at radius 1 is 0.881 bits per heavy atom. The molecule has 4 rings (SSSR count). The van der Waals surface area contributed by atoms with E-state index in [1.54, 1.807) is 18.9 Å². The fraction of sp³-hybridized carbons (Fsp3) is 0.333. The molecule has 42 heavy (non-hydrogen) atoms. The van der Waals surface area contributed by atoms with Crippen LogP contribution in [0.1, 0.15) is 24.5 Å². The molecule has 1 fully saturated rings. The molecule has 2 unspecified atom stereocenters. The number of hydrogen-bond donors (Lipinski definition) is 2. The average Bonchev–Trinajstić information content (AvgIpc) is 3.03. The van der Waals surface area contributed by atoms with E-state index in [0.29, 0.717) is 39.2 Å². The molecule has 3 amide bonds. The first-order valence-electron chi connectivity index (χ1n) is 14.2. The molecule has 3 aromatic carbocycles. The maximum absolute atomic E-state index is 13.7. The number of amides is 3. The van der Waals surface area contributed by atoms with Crippen LogP contribution in [-0.2, 0) is 27.4 Å². The first-order valence-corrected chi connectivity index (χ1v) is 14.2. The number of methoxy groups -OCH3 is 1. The Hall–Kier alpha value is -4.53. The minimum atomic E-state index is -0.763. The zero-order valence-corrected chi connectivity index (χ0v) is 24.2. The van der Waals surface area contributed by atoms with Gasteiger partial charge in [0.15, 0.2) is 0 Å². The molecule has 1 radical (unpaired) electrons. The number of nitrogens with zero attached hydrogens (tertiary/aromatic N) is 2. The van der Waals surface area contributed by atoms with Gasteiger partial charge in [0.25, 0.3) is 0 Å². The Morgan fingerprint density at radius 3 is 2.14 bits per heavy atom. The van der Waals surface area contributed by atoms with Gasteiger partial charge in [0, 0.05) is 44.2 Å². The van der Waals surface area contributed by atoms with Crippen molar-refractivity contribution in [3.05, 3.63) is 96.4 Å². The Kier molecular flexibility index (Phi) is 10.8. The second kappa shape index (κ2) is 14.9. The van der Waals surface area contributed by atoms with Gasteiger partial charge in [-0.25, -0.2) is 0 Å². The lowest BCUT2D eigenvalue weighted by Gasteiger charge is -2.37. The number of hydrogen-bond acceptors (Lipinski definition) is 6. The van der Waals surface area contributed by atoms with E-state index in [1.165, 1.54) is 6.42 Å². The summed E-state index contributed by atoms with van der Waals surface area (Å²) in [6.07, 6.45) is 1.91. The van der Waals surface area contributed by atoms with Gasteiger partial charge in [0.05, 0.1) is 13.5 Å². The highest BCUT2D eigenvalue weighted by atomic mass is 16.5. The minimum Gasteiger partial charge on any atom is -0.497 e. The lowest BCUT2D eigenvalue weighted by Crippen LogP contribution is -2.55. The molecule has 0 aromatic heterocycles. The number of benzene rings is 3. The molecule has 1 aliphatic heterocycles. The van der Waals surface area contributed by atoms with Gasteiger partial charge in [0.2, 0.25) is 17.7 Å². The van der Waals surface area contributed by atoms with Gasteiger partial charge >= 0.3 is 0 Å². The third-order valence-electron chi connectivity index (χ3n) is 7.40. The third-order valence-corrected chi connectivity index (χ3v) is 7.40. The topological polar surface area (TPSA) is 114 Å². The van der Waals surface area contributed by atoms with E-state index in [4.69, 9.17) is 15.2 Å².